The molecule has 0 aliphatic carbocycles. The molecule has 0 N–H and O–H groups in total. The molecule has 20 aromatic rings. The minimum atomic E-state index is 0.534. The molecule has 0 saturated heterocycles. The average molecular weight is 1620 g/mol. The van der Waals surface area contributed by atoms with Gasteiger partial charge in [-0.1, -0.05) is 283 Å². The summed E-state index contributed by atoms with van der Waals surface area (Å²) in [6, 6.07) is 118. The van der Waals surface area contributed by atoms with Crippen LogP contribution in [0.5, 0.6) is 0 Å². The highest BCUT2D eigenvalue weighted by molar-refractivity contribution is 5.79. The molecule has 125 heavy (non-hydrogen) atoms. The van der Waals surface area contributed by atoms with Gasteiger partial charge in [-0.2, -0.15) is 0 Å². The van der Waals surface area contributed by atoms with Gasteiger partial charge in [0, 0.05) is 123 Å². The van der Waals surface area contributed by atoms with Crippen molar-refractivity contribution in [3.63, 3.8) is 0 Å². The third-order valence-electron chi connectivity index (χ3n) is 20.0. The molecular formula is C108H83N17. The number of hydrogen-bond donors (Lipinski definition) is 0. The SMILES string of the molecule is Cc1ccc(-c2cc(-c3ccccc3)nc(-c3ccccc3)c2)cc1.Cc1ccc(-c2nc(-c3ccccn3)nc(-c3ccccn3)n2)cc1.Cc1ccc(-c2nc(-c3cccnc3)nc(-c3cccnc3)n2)cc1.Cc1ccc(-c2nc(-c3ccncc3)nc(-c3ccncc3)n2)cc1.Cc1cccc(-c2cc(-c3ccccc3)nc(-c3ccccc3)c2)c1. The van der Waals surface area contributed by atoms with Crippen LogP contribution in [0.4, 0.5) is 0 Å². The number of nitrogens with zero attached hydrogens (tertiary/aromatic N) is 17. The van der Waals surface area contributed by atoms with Gasteiger partial charge in [0.05, 0.1) is 22.8 Å². The normalized spacial score (nSPS) is 10.6. The van der Waals surface area contributed by atoms with Gasteiger partial charge >= 0.3 is 0 Å². The molecule has 11 aromatic heterocycles. The zero-order chi connectivity index (χ0) is 85.3. The summed E-state index contributed by atoms with van der Waals surface area (Å²) in [5.74, 6) is 5.39. The highest BCUT2D eigenvalue weighted by atomic mass is 15.1. The Bertz CT molecular complexity index is 5910. The predicted molar refractivity (Wildman–Crippen MR) is 500 cm³/mol. The van der Waals surface area contributed by atoms with Crippen LogP contribution in [0.15, 0.2) is 414 Å². The van der Waals surface area contributed by atoms with E-state index in [1.54, 1.807) is 62.0 Å². The number of benzene rings is 9. The second-order valence-corrected chi connectivity index (χ2v) is 29.4. The second-order valence-electron chi connectivity index (χ2n) is 29.4. The number of hydrogen-bond acceptors (Lipinski definition) is 17. The van der Waals surface area contributed by atoms with Gasteiger partial charge in [0.25, 0.3) is 0 Å². The molecule has 20 rings (SSSR count). The number of pyridine rings is 8. The van der Waals surface area contributed by atoms with E-state index in [9.17, 15) is 0 Å². The van der Waals surface area contributed by atoms with Gasteiger partial charge in [-0.25, -0.2) is 54.8 Å². The topological polar surface area (TPSA) is 219 Å². The maximum atomic E-state index is 4.92. The average Bonchev–Trinajstić information content (AvgIpc) is 0.820. The lowest BCUT2D eigenvalue weighted by Crippen LogP contribution is -2.01. The Morgan fingerprint density at radius 1 is 0.136 bits per heavy atom. The zero-order valence-electron chi connectivity index (χ0n) is 69.4. The summed E-state index contributed by atoms with van der Waals surface area (Å²) < 4.78 is 0. The van der Waals surface area contributed by atoms with Gasteiger partial charge in [0.15, 0.2) is 52.4 Å². The van der Waals surface area contributed by atoms with Gasteiger partial charge in [-0.15, -0.1) is 0 Å². The molecule has 0 unspecified atom stereocenters. The summed E-state index contributed by atoms with van der Waals surface area (Å²) >= 11 is 0. The van der Waals surface area contributed by atoms with Crippen LogP contribution in [0.2, 0.25) is 0 Å². The highest BCUT2D eigenvalue weighted by Gasteiger charge is 2.18. The first-order valence-electron chi connectivity index (χ1n) is 40.8. The van der Waals surface area contributed by atoms with E-state index in [1.165, 1.54) is 50.1 Å². The Morgan fingerprint density at radius 2 is 0.408 bits per heavy atom. The first kappa shape index (κ1) is 81.9. The van der Waals surface area contributed by atoms with Crippen LogP contribution >= 0.6 is 0 Å². The van der Waals surface area contributed by atoms with Gasteiger partial charge in [-0.3, -0.25) is 29.9 Å². The molecule has 600 valence electrons. The molecule has 0 aliphatic rings. The van der Waals surface area contributed by atoms with E-state index in [0.717, 1.165) is 84.0 Å². The lowest BCUT2D eigenvalue weighted by Gasteiger charge is -2.10. The van der Waals surface area contributed by atoms with Crippen LogP contribution in [0, 0.1) is 34.6 Å². The molecule has 0 amide bonds. The molecule has 0 atom stereocenters. The lowest BCUT2D eigenvalue weighted by molar-refractivity contribution is 1.05. The smallest absolute Gasteiger partial charge is 0.182 e. The molecule has 0 radical (unpaired) electrons. The van der Waals surface area contributed by atoms with Gasteiger partial charge in [0.1, 0.15) is 11.4 Å². The van der Waals surface area contributed by atoms with E-state index in [1.807, 2.05) is 170 Å². The Labute approximate surface area is 726 Å². The van der Waals surface area contributed by atoms with Gasteiger partial charge < -0.3 is 0 Å². The molecule has 0 bridgehead atoms. The zero-order valence-corrected chi connectivity index (χ0v) is 69.4. The third kappa shape index (κ3) is 21.8. The van der Waals surface area contributed by atoms with Crippen molar-refractivity contribution in [1.82, 2.24) is 84.7 Å². The first-order chi connectivity index (χ1) is 61.5. The molecule has 9 aromatic carbocycles. The summed E-state index contributed by atoms with van der Waals surface area (Å²) in [5.41, 5.74) is 27.2. The van der Waals surface area contributed by atoms with Crippen LogP contribution in [0.1, 0.15) is 27.8 Å². The fraction of sp³-hybridized carbons (Fsp3) is 0.0463. The number of aryl methyl sites for hydroxylation is 5. The van der Waals surface area contributed by atoms with Crippen molar-refractivity contribution < 1.29 is 0 Å². The summed E-state index contributed by atoms with van der Waals surface area (Å²) in [4.78, 5) is 76.7. The minimum absolute atomic E-state index is 0.534. The fourth-order valence-corrected chi connectivity index (χ4v) is 13.3. The molecule has 0 spiro atoms. The van der Waals surface area contributed by atoms with Crippen molar-refractivity contribution in [3.05, 3.63) is 442 Å². The van der Waals surface area contributed by atoms with Crippen LogP contribution in [0.25, 0.3) is 170 Å². The van der Waals surface area contributed by atoms with Crippen LogP contribution in [-0.4, -0.2) is 84.7 Å². The molecule has 17 heteroatoms. The quantitative estimate of drug-likeness (QED) is 0.0931. The Kier molecular flexibility index (Phi) is 26.4. The van der Waals surface area contributed by atoms with Crippen LogP contribution < -0.4 is 0 Å². The molecule has 0 fully saturated rings. The summed E-state index contributed by atoms with van der Waals surface area (Å²) in [6.07, 6.45) is 17.3. The number of rotatable bonds is 15. The van der Waals surface area contributed by atoms with Crippen molar-refractivity contribution >= 4 is 0 Å². The Balaban J connectivity index is 0.000000115. The van der Waals surface area contributed by atoms with Crippen molar-refractivity contribution in [2.75, 3.05) is 0 Å². The van der Waals surface area contributed by atoms with Crippen molar-refractivity contribution in [2.45, 2.75) is 34.6 Å². The van der Waals surface area contributed by atoms with E-state index in [0.29, 0.717) is 63.8 Å². The second kappa shape index (κ2) is 40.3. The highest BCUT2D eigenvalue weighted by Crippen LogP contribution is 2.35. The maximum Gasteiger partial charge on any atom is 0.182 e. The number of aromatic nitrogens is 17. The summed E-state index contributed by atoms with van der Waals surface area (Å²) in [6.45, 7) is 10.4. The van der Waals surface area contributed by atoms with Gasteiger partial charge in [0.2, 0.25) is 0 Å². The van der Waals surface area contributed by atoms with E-state index in [2.05, 4.69) is 291 Å². The van der Waals surface area contributed by atoms with Crippen molar-refractivity contribution in [3.8, 4) is 170 Å². The lowest BCUT2D eigenvalue weighted by atomic mass is 9.99. The van der Waals surface area contributed by atoms with Crippen molar-refractivity contribution in [2.24, 2.45) is 0 Å². The van der Waals surface area contributed by atoms with E-state index >= 15 is 0 Å². The molecule has 0 aliphatic heterocycles. The first-order valence-corrected chi connectivity index (χ1v) is 40.8. The standard InChI is InChI=1S/2C24H19N.3C20H15N5/c1-18-9-8-14-21(15-18)22-16-23(19-10-4-2-5-11-19)25-24(17-22)20-12-6-3-7-13-20;1-18-12-14-19(15-13-18)22-16-23(20-8-4-2-5-9-20)25-24(17-22)21-10-6-3-7-11-21;1-14-2-4-15(5-3-14)18-23-19(16-6-10-21-11-7-16)25-20(24-18)17-8-12-22-13-9-17;1-14-6-8-15(9-7-14)18-23-19(16-4-2-10-21-12-16)25-20(24-18)17-5-3-11-22-13-17;1-14-8-10-15(11-9-14)18-23-19(16-6-2-4-12-21-16)25-20(24-18)17-7-3-5-13-22-17/h2*2-17H,1H3;3*2-13H,1H3. The molecule has 17 nitrogen and oxygen atoms in total. The molecular weight excluding hydrogens is 1540 g/mol. The summed E-state index contributed by atoms with van der Waals surface area (Å²) in [5, 5.41) is 0. The van der Waals surface area contributed by atoms with E-state index in [4.69, 9.17) is 9.97 Å². The van der Waals surface area contributed by atoms with E-state index < -0.39 is 0 Å². The van der Waals surface area contributed by atoms with Crippen LogP contribution in [0.3, 0.4) is 0 Å². The Hall–Kier alpha value is -16.8. The monoisotopic (exact) mass is 1620 g/mol. The third-order valence-corrected chi connectivity index (χ3v) is 20.0. The fourth-order valence-electron chi connectivity index (χ4n) is 13.3. The molecule has 11 heterocycles. The van der Waals surface area contributed by atoms with Crippen LogP contribution in [-0.2, 0) is 0 Å². The van der Waals surface area contributed by atoms with Crippen molar-refractivity contribution in [1.29, 1.82) is 0 Å². The van der Waals surface area contributed by atoms with Gasteiger partial charge in [-0.05, 0) is 154 Å². The largest absolute Gasteiger partial charge is 0.265 e. The van der Waals surface area contributed by atoms with E-state index in [-0.39, 0.29) is 0 Å². The maximum absolute atomic E-state index is 4.92. The predicted octanol–water partition coefficient (Wildman–Crippen LogP) is 24.7. The minimum Gasteiger partial charge on any atom is -0.265 e. The molecule has 0 saturated carbocycles. The Morgan fingerprint density at radius 3 is 0.712 bits per heavy atom. The summed E-state index contributed by atoms with van der Waals surface area (Å²) in [7, 11) is 0.